The minimum absolute atomic E-state index is 0.137. The van der Waals surface area contributed by atoms with E-state index in [2.05, 4.69) is 37.0 Å². The van der Waals surface area contributed by atoms with Crippen LogP contribution in [0.1, 0.15) is 29.2 Å². The smallest absolute Gasteiger partial charge is 0.165 e. The average Bonchev–Trinajstić information content (AvgIpc) is 2.74. The lowest BCUT2D eigenvalue weighted by molar-refractivity contribution is 0.263. The Hall–Kier alpha value is -3.27. The number of hydrogen-bond acceptors (Lipinski definition) is 3. The van der Waals surface area contributed by atoms with Crippen LogP contribution in [-0.4, -0.2) is 6.61 Å². The molecular weight excluding hydrogens is 377 g/mol. The standard InChI is InChI=1S/C26H28FNO2/c1-4-10-21-15-20(17-28-24-14-9-6-11-19(24)3)16-25(29-5-2)26(21)30-18-22-12-7-8-13-23(22)27/h4,6-9,11-16,28H,1,5,10,17-18H2,2-3H3. The van der Waals surface area contributed by atoms with Crippen LogP contribution in [0.3, 0.4) is 0 Å². The third-order valence-corrected chi connectivity index (χ3v) is 4.81. The Balaban J connectivity index is 1.86. The number of benzene rings is 3. The Morgan fingerprint density at radius 3 is 2.50 bits per heavy atom. The van der Waals surface area contributed by atoms with Crippen molar-refractivity contribution >= 4 is 5.69 Å². The second-order valence-corrected chi connectivity index (χ2v) is 7.06. The van der Waals surface area contributed by atoms with Gasteiger partial charge >= 0.3 is 0 Å². The summed E-state index contributed by atoms with van der Waals surface area (Å²) in [5.41, 5.74) is 4.85. The fourth-order valence-corrected chi connectivity index (χ4v) is 3.29. The Labute approximate surface area is 178 Å². The molecule has 0 atom stereocenters. The second-order valence-electron chi connectivity index (χ2n) is 7.06. The van der Waals surface area contributed by atoms with Gasteiger partial charge in [0.05, 0.1) is 6.61 Å². The lowest BCUT2D eigenvalue weighted by atomic mass is 10.0. The maximum Gasteiger partial charge on any atom is 0.165 e. The van der Waals surface area contributed by atoms with Crippen LogP contribution < -0.4 is 14.8 Å². The molecule has 0 aliphatic heterocycles. The molecule has 3 nitrogen and oxygen atoms in total. The van der Waals surface area contributed by atoms with E-state index in [4.69, 9.17) is 9.47 Å². The maximum atomic E-state index is 14.0. The SMILES string of the molecule is C=CCc1cc(CNc2ccccc2C)cc(OCC)c1OCc1ccccc1F. The summed E-state index contributed by atoms with van der Waals surface area (Å²) in [5, 5.41) is 3.48. The molecule has 0 saturated heterocycles. The highest BCUT2D eigenvalue weighted by Gasteiger charge is 2.15. The van der Waals surface area contributed by atoms with Crippen molar-refractivity contribution in [2.45, 2.75) is 33.4 Å². The van der Waals surface area contributed by atoms with Crippen LogP contribution in [-0.2, 0) is 19.6 Å². The predicted molar refractivity (Wildman–Crippen MR) is 121 cm³/mol. The molecule has 0 bridgehead atoms. The quantitative estimate of drug-likeness (QED) is 0.393. The summed E-state index contributed by atoms with van der Waals surface area (Å²) >= 11 is 0. The van der Waals surface area contributed by atoms with Crippen LogP contribution in [0.25, 0.3) is 0 Å². The van der Waals surface area contributed by atoms with Crippen LogP contribution >= 0.6 is 0 Å². The first kappa shape index (κ1) is 21.4. The lowest BCUT2D eigenvalue weighted by Crippen LogP contribution is -2.07. The van der Waals surface area contributed by atoms with Gasteiger partial charge in [0.1, 0.15) is 12.4 Å². The minimum Gasteiger partial charge on any atom is -0.490 e. The molecule has 1 N–H and O–H groups in total. The van der Waals surface area contributed by atoms with E-state index in [1.165, 1.54) is 11.6 Å². The summed E-state index contributed by atoms with van der Waals surface area (Å²) in [6, 6.07) is 18.9. The third kappa shape index (κ3) is 5.41. The molecule has 30 heavy (non-hydrogen) atoms. The van der Waals surface area contributed by atoms with Gasteiger partial charge in [0, 0.05) is 23.4 Å². The van der Waals surface area contributed by atoms with Gasteiger partial charge in [-0.25, -0.2) is 4.39 Å². The van der Waals surface area contributed by atoms with Crippen molar-refractivity contribution in [3.05, 3.63) is 101 Å². The Morgan fingerprint density at radius 2 is 1.77 bits per heavy atom. The number of aryl methyl sites for hydroxylation is 1. The number of nitrogens with one attached hydrogen (secondary N) is 1. The molecule has 3 aromatic carbocycles. The number of hydrogen-bond donors (Lipinski definition) is 1. The zero-order valence-corrected chi connectivity index (χ0v) is 17.6. The van der Waals surface area contributed by atoms with Gasteiger partial charge in [0.25, 0.3) is 0 Å². The van der Waals surface area contributed by atoms with Crippen LogP contribution in [0.5, 0.6) is 11.5 Å². The van der Waals surface area contributed by atoms with Gasteiger partial charge in [0.2, 0.25) is 0 Å². The van der Waals surface area contributed by atoms with Gasteiger partial charge in [-0.3, -0.25) is 0 Å². The third-order valence-electron chi connectivity index (χ3n) is 4.81. The molecule has 0 saturated carbocycles. The molecule has 0 fully saturated rings. The zero-order valence-electron chi connectivity index (χ0n) is 17.6. The first-order valence-electron chi connectivity index (χ1n) is 10.2. The highest BCUT2D eigenvalue weighted by Crippen LogP contribution is 2.35. The summed E-state index contributed by atoms with van der Waals surface area (Å²) < 4.78 is 25.9. The first-order chi connectivity index (χ1) is 14.6. The predicted octanol–water partition coefficient (Wildman–Crippen LogP) is 6.45. The largest absolute Gasteiger partial charge is 0.490 e. The fourth-order valence-electron chi connectivity index (χ4n) is 3.29. The molecular formula is C26H28FNO2. The summed E-state index contributed by atoms with van der Waals surface area (Å²) in [6.45, 7) is 9.19. The van der Waals surface area contributed by atoms with Gasteiger partial charge in [-0.1, -0.05) is 42.5 Å². The van der Waals surface area contributed by atoms with Crippen LogP contribution in [0.4, 0.5) is 10.1 Å². The first-order valence-corrected chi connectivity index (χ1v) is 10.2. The van der Waals surface area contributed by atoms with E-state index in [0.29, 0.717) is 36.6 Å². The van der Waals surface area contributed by atoms with Crippen LogP contribution in [0, 0.1) is 12.7 Å². The lowest BCUT2D eigenvalue weighted by Gasteiger charge is -2.18. The molecule has 0 amide bonds. The molecule has 156 valence electrons. The van der Waals surface area contributed by atoms with Crippen molar-refractivity contribution in [1.29, 1.82) is 0 Å². The Morgan fingerprint density at radius 1 is 1.00 bits per heavy atom. The monoisotopic (exact) mass is 405 g/mol. The molecule has 0 unspecified atom stereocenters. The summed E-state index contributed by atoms with van der Waals surface area (Å²) in [4.78, 5) is 0. The van der Waals surface area contributed by atoms with Crippen molar-refractivity contribution in [2.75, 3.05) is 11.9 Å². The topological polar surface area (TPSA) is 30.5 Å². The summed E-state index contributed by atoms with van der Waals surface area (Å²) in [7, 11) is 0. The highest BCUT2D eigenvalue weighted by atomic mass is 19.1. The van der Waals surface area contributed by atoms with E-state index in [0.717, 1.165) is 16.8 Å². The number of anilines is 1. The highest BCUT2D eigenvalue weighted by molar-refractivity contribution is 5.53. The average molecular weight is 406 g/mol. The summed E-state index contributed by atoms with van der Waals surface area (Å²) in [6.07, 6.45) is 2.46. The number of para-hydroxylation sites is 1. The second kappa shape index (κ2) is 10.5. The normalized spacial score (nSPS) is 10.5. The van der Waals surface area contributed by atoms with Crippen molar-refractivity contribution in [3.8, 4) is 11.5 Å². The molecule has 3 rings (SSSR count). The van der Waals surface area contributed by atoms with E-state index in [9.17, 15) is 4.39 Å². The van der Waals surface area contributed by atoms with Gasteiger partial charge in [0.15, 0.2) is 11.5 Å². The minimum atomic E-state index is -0.278. The van der Waals surface area contributed by atoms with Gasteiger partial charge in [-0.05, 0) is 55.7 Å². The van der Waals surface area contributed by atoms with Crippen molar-refractivity contribution < 1.29 is 13.9 Å². The molecule has 3 aromatic rings. The van der Waals surface area contributed by atoms with Gasteiger partial charge < -0.3 is 14.8 Å². The van der Waals surface area contributed by atoms with Crippen LogP contribution in [0.2, 0.25) is 0 Å². The zero-order chi connectivity index (χ0) is 21.3. The Bertz CT molecular complexity index is 1000. The number of rotatable bonds is 10. The number of halogens is 1. The molecule has 0 aromatic heterocycles. The molecule has 0 aliphatic rings. The van der Waals surface area contributed by atoms with Crippen molar-refractivity contribution in [1.82, 2.24) is 0 Å². The van der Waals surface area contributed by atoms with Gasteiger partial charge in [-0.15, -0.1) is 6.58 Å². The van der Waals surface area contributed by atoms with E-state index in [1.807, 2.05) is 31.2 Å². The van der Waals surface area contributed by atoms with Crippen LogP contribution in [0.15, 0.2) is 73.3 Å². The maximum absolute atomic E-state index is 14.0. The molecule has 0 heterocycles. The fraction of sp³-hybridized carbons (Fsp3) is 0.231. The summed E-state index contributed by atoms with van der Waals surface area (Å²) in [5.74, 6) is 1.02. The van der Waals surface area contributed by atoms with E-state index >= 15 is 0 Å². The van der Waals surface area contributed by atoms with E-state index in [1.54, 1.807) is 18.2 Å². The van der Waals surface area contributed by atoms with Crippen molar-refractivity contribution in [3.63, 3.8) is 0 Å². The number of ether oxygens (including phenoxy) is 2. The molecule has 0 spiro atoms. The molecule has 0 aliphatic carbocycles. The molecule has 0 radical (unpaired) electrons. The van der Waals surface area contributed by atoms with Crippen molar-refractivity contribution in [2.24, 2.45) is 0 Å². The van der Waals surface area contributed by atoms with E-state index < -0.39 is 0 Å². The van der Waals surface area contributed by atoms with Gasteiger partial charge in [-0.2, -0.15) is 0 Å². The number of allylic oxidation sites excluding steroid dienone is 1. The molecule has 4 heteroatoms. The Kier molecular flexibility index (Phi) is 7.50. The van der Waals surface area contributed by atoms with E-state index in [-0.39, 0.29) is 12.4 Å².